The van der Waals surface area contributed by atoms with Gasteiger partial charge in [0.05, 0.1) is 5.54 Å². The molecule has 0 fully saturated rings. The van der Waals surface area contributed by atoms with Crippen LogP contribution in [0.2, 0.25) is 0 Å². The fraction of sp³-hybridized carbons (Fsp3) is 0.571. The van der Waals surface area contributed by atoms with Crippen LogP contribution in [0.3, 0.4) is 0 Å². The molecule has 0 radical (unpaired) electrons. The van der Waals surface area contributed by atoms with Gasteiger partial charge in [-0.15, -0.1) is 0 Å². The standard InChI is InChI=1S/C7H14N2O/c1-5(8)4-6(10)7(2,3)9/h4,8,10H,9H2,1-3H3/b6-4-,8-5?. The number of aliphatic hydroxyl groups excluding tert-OH is 1. The second-order valence-electron chi connectivity index (χ2n) is 2.93. The van der Waals surface area contributed by atoms with Crippen LogP contribution >= 0.6 is 0 Å². The van der Waals surface area contributed by atoms with E-state index < -0.39 is 5.54 Å². The summed E-state index contributed by atoms with van der Waals surface area (Å²) in [5.74, 6) is 0.0417. The molecule has 0 amide bonds. The molecule has 0 aliphatic rings. The predicted molar refractivity (Wildman–Crippen MR) is 42.4 cm³/mol. The van der Waals surface area contributed by atoms with Gasteiger partial charge in [0.1, 0.15) is 5.76 Å². The molecule has 0 aliphatic heterocycles. The average molecular weight is 142 g/mol. The molecule has 0 saturated carbocycles. The minimum absolute atomic E-state index is 0.0417. The van der Waals surface area contributed by atoms with E-state index in [0.717, 1.165) is 0 Å². The molecule has 58 valence electrons. The fourth-order valence-electron chi connectivity index (χ4n) is 0.391. The minimum atomic E-state index is -0.734. The number of rotatable bonds is 2. The van der Waals surface area contributed by atoms with Crippen molar-refractivity contribution in [3.8, 4) is 0 Å². The molecule has 0 aromatic carbocycles. The molecule has 0 spiro atoms. The molecule has 4 N–H and O–H groups in total. The zero-order chi connectivity index (χ0) is 8.36. The highest BCUT2D eigenvalue weighted by Gasteiger charge is 2.15. The van der Waals surface area contributed by atoms with Crippen LogP contribution in [0.4, 0.5) is 0 Å². The summed E-state index contributed by atoms with van der Waals surface area (Å²) in [6.07, 6.45) is 1.35. The summed E-state index contributed by atoms with van der Waals surface area (Å²) in [4.78, 5) is 0. The van der Waals surface area contributed by atoms with E-state index in [1.807, 2.05) is 0 Å². The molecule has 0 aromatic rings. The van der Waals surface area contributed by atoms with E-state index in [9.17, 15) is 0 Å². The van der Waals surface area contributed by atoms with E-state index in [4.69, 9.17) is 16.2 Å². The Kier molecular flexibility index (Phi) is 2.60. The van der Waals surface area contributed by atoms with Gasteiger partial charge in [-0.25, -0.2) is 0 Å². The lowest BCUT2D eigenvalue weighted by Crippen LogP contribution is -2.34. The van der Waals surface area contributed by atoms with E-state index in [0.29, 0.717) is 5.71 Å². The molecular weight excluding hydrogens is 128 g/mol. The first kappa shape index (κ1) is 9.17. The van der Waals surface area contributed by atoms with Crippen LogP contribution in [0.5, 0.6) is 0 Å². The van der Waals surface area contributed by atoms with E-state index in [1.165, 1.54) is 6.08 Å². The van der Waals surface area contributed by atoms with Crippen molar-refractivity contribution in [3.63, 3.8) is 0 Å². The Morgan fingerprint density at radius 2 is 2.00 bits per heavy atom. The highest BCUT2D eigenvalue weighted by molar-refractivity contribution is 5.90. The van der Waals surface area contributed by atoms with Gasteiger partial charge in [0.2, 0.25) is 0 Å². The largest absolute Gasteiger partial charge is 0.510 e. The number of nitrogens with two attached hydrogens (primary N) is 1. The van der Waals surface area contributed by atoms with Crippen LogP contribution < -0.4 is 5.73 Å². The lowest BCUT2D eigenvalue weighted by atomic mass is 10.0. The van der Waals surface area contributed by atoms with E-state index >= 15 is 0 Å². The maximum absolute atomic E-state index is 9.15. The van der Waals surface area contributed by atoms with Crippen molar-refractivity contribution in [3.05, 3.63) is 11.8 Å². The zero-order valence-corrected chi connectivity index (χ0v) is 6.60. The zero-order valence-electron chi connectivity index (χ0n) is 6.60. The maximum atomic E-state index is 9.15. The monoisotopic (exact) mass is 142 g/mol. The van der Waals surface area contributed by atoms with Crippen molar-refractivity contribution in [1.29, 1.82) is 5.41 Å². The molecule has 3 heteroatoms. The highest BCUT2D eigenvalue weighted by Crippen LogP contribution is 2.07. The van der Waals surface area contributed by atoms with Gasteiger partial charge in [-0.1, -0.05) is 0 Å². The first-order valence-corrected chi connectivity index (χ1v) is 3.09. The molecule has 0 bridgehead atoms. The van der Waals surface area contributed by atoms with Crippen molar-refractivity contribution in [2.45, 2.75) is 26.3 Å². The smallest absolute Gasteiger partial charge is 0.113 e. The summed E-state index contributed by atoms with van der Waals surface area (Å²) < 4.78 is 0. The van der Waals surface area contributed by atoms with E-state index in [1.54, 1.807) is 20.8 Å². The Balaban J connectivity index is 4.35. The molecule has 10 heavy (non-hydrogen) atoms. The molecule has 0 aromatic heterocycles. The number of aliphatic hydroxyl groups is 1. The first-order valence-electron chi connectivity index (χ1n) is 3.09. The number of hydrogen-bond donors (Lipinski definition) is 3. The highest BCUT2D eigenvalue weighted by atomic mass is 16.3. The Hall–Kier alpha value is -0.830. The van der Waals surface area contributed by atoms with Crippen LogP contribution in [0, 0.1) is 5.41 Å². The number of nitrogens with one attached hydrogen (secondary N) is 1. The Labute approximate surface area is 61.1 Å². The van der Waals surface area contributed by atoms with Gasteiger partial charge in [0.15, 0.2) is 0 Å². The van der Waals surface area contributed by atoms with Crippen LogP contribution in [0.15, 0.2) is 11.8 Å². The van der Waals surface area contributed by atoms with E-state index in [-0.39, 0.29) is 5.76 Å². The number of hydrogen-bond acceptors (Lipinski definition) is 3. The topological polar surface area (TPSA) is 70.1 Å². The first-order chi connectivity index (χ1) is 4.34. The second kappa shape index (κ2) is 2.84. The molecule has 0 saturated heterocycles. The molecular formula is C7H14N2O. The van der Waals surface area contributed by atoms with E-state index in [2.05, 4.69) is 0 Å². The normalized spacial score (nSPS) is 13.4. The quantitative estimate of drug-likeness (QED) is 0.400. The van der Waals surface area contributed by atoms with Crippen molar-refractivity contribution in [1.82, 2.24) is 0 Å². The van der Waals surface area contributed by atoms with Gasteiger partial charge in [0, 0.05) is 5.71 Å². The van der Waals surface area contributed by atoms with Gasteiger partial charge in [-0.05, 0) is 26.8 Å². The van der Waals surface area contributed by atoms with Crippen molar-refractivity contribution in [2.24, 2.45) is 5.73 Å². The molecule has 0 aliphatic carbocycles. The molecule has 0 atom stereocenters. The lowest BCUT2D eigenvalue weighted by Gasteiger charge is -2.16. The van der Waals surface area contributed by atoms with Crippen molar-refractivity contribution < 1.29 is 5.11 Å². The number of allylic oxidation sites excluding steroid dienone is 1. The van der Waals surface area contributed by atoms with Gasteiger partial charge in [-0.2, -0.15) is 0 Å². The summed E-state index contributed by atoms with van der Waals surface area (Å²) in [5, 5.41) is 16.2. The predicted octanol–water partition coefficient (Wildman–Crippen LogP) is 1.21. The Morgan fingerprint density at radius 1 is 1.60 bits per heavy atom. The Bertz CT molecular complexity index is 165. The summed E-state index contributed by atoms with van der Waals surface area (Å²) >= 11 is 0. The van der Waals surface area contributed by atoms with Gasteiger partial charge in [-0.3, -0.25) is 0 Å². The fourth-order valence-corrected chi connectivity index (χ4v) is 0.391. The lowest BCUT2D eigenvalue weighted by molar-refractivity contribution is 0.323. The van der Waals surface area contributed by atoms with Crippen LogP contribution in [-0.4, -0.2) is 16.4 Å². The summed E-state index contributed by atoms with van der Waals surface area (Å²) in [5.41, 5.74) is 5.08. The molecule has 3 nitrogen and oxygen atoms in total. The van der Waals surface area contributed by atoms with Crippen LogP contribution in [-0.2, 0) is 0 Å². The third kappa shape index (κ3) is 3.25. The van der Waals surface area contributed by atoms with Crippen molar-refractivity contribution in [2.75, 3.05) is 0 Å². The molecule has 0 rings (SSSR count). The molecule has 0 unspecified atom stereocenters. The average Bonchev–Trinajstić information content (AvgIpc) is 1.60. The molecule has 0 heterocycles. The van der Waals surface area contributed by atoms with Gasteiger partial charge in [0.25, 0.3) is 0 Å². The SMILES string of the molecule is CC(=N)/C=C(\O)C(C)(C)N. The summed E-state index contributed by atoms with van der Waals surface area (Å²) in [7, 11) is 0. The maximum Gasteiger partial charge on any atom is 0.113 e. The second-order valence-corrected chi connectivity index (χ2v) is 2.93. The third-order valence-corrected chi connectivity index (χ3v) is 1.01. The van der Waals surface area contributed by atoms with Gasteiger partial charge >= 0.3 is 0 Å². The summed E-state index contributed by atoms with van der Waals surface area (Å²) in [6.45, 7) is 4.95. The van der Waals surface area contributed by atoms with Crippen molar-refractivity contribution >= 4 is 5.71 Å². The minimum Gasteiger partial charge on any atom is -0.510 e. The third-order valence-electron chi connectivity index (χ3n) is 1.01. The summed E-state index contributed by atoms with van der Waals surface area (Å²) in [6, 6.07) is 0. The van der Waals surface area contributed by atoms with Crippen LogP contribution in [0.1, 0.15) is 20.8 Å². The van der Waals surface area contributed by atoms with Gasteiger partial charge < -0.3 is 16.2 Å². The Morgan fingerprint density at radius 3 is 2.10 bits per heavy atom. The van der Waals surface area contributed by atoms with Crippen LogP contribution in [0.25, 0.3) is 0 Å².